The van der Waals surface area contributed by atoms with Crippen LogP contribution in [0, 0.1) is 0 Å². The van der Waals surface area contributed by atoms with E-state index in [9.17, 15) is 18.0 Å². The quantitative estimate of drug-likeness (QED) is 0.918. The molecule has 2 aromatic carbocycles. The topological polar surface area (TPSA) is 32.3 Å². The molecule has 3 nitrogen and oxygen atoms in total. The molecule has 0 spiro atoms. The molecule has 1 amide bonds. The molecular weight excluding hydrogens is 317 g/mol. The largest absolute Gasteiger partial charge is 0.416 e. The van der Waals surface area contributed by atoms with E-state index in [1.54, 1.807) is 0 Å². The second-order valence-corrected chi connectivity index (χ2v) is 6.11. The predicted octanol–water partition coefficient (Wildman–Crippen LogP) is 4.05. The monoisotopic (exact) mass is 334 g/mol. The van der Waals surface area contributed by atoms with Crippen LogP contribution in [-0.2, 0) is 17.4 Å². The number of nitrogens with one attached hydrogen (secondary N) is 1. The van der Waals surface area contributed by atoms with Crippen molar-refractivity contribution in [2.24, 2.45) is 0 Å². The van der Waals surface area contributed by atoms with Crippen LogP contribution in [0.3, 0.4) is 0 Å². The highest BCUT2D eigenvalue weighted by Gasteiger charge is 2.35. The van der Waals surface area contributed by atoms with Gasteiger partial charge in [-0.05, 0) is 41.8 Å². The van der Waals surface area contributed by atoms with Crippen molar-refractivity contribution >= 4 is 17.3 Å². The van der Waals surface area contributed by atoms with Crippen molar-refractivity contribution in [1.82, 2.24) is 0 Å². The maximum Gasteiger partial charge on any atom is 0.416 e. The third-order valence-corrected chi connectivity index (χ3v) is 4.22. The summed E-state index contributed by atoms with van der Waals surface area (Å²) in [6, 6.07) is 11.2. The molecule has 0 saturated carbocycles. The fraction of sp³-hybridized carbons (Fsp3) is 0.278. The highest BCUT2D eigenvalue weighted by atomic mass is 19.4. The van der Waals surface area contributed by atoms with Crippen molar-refractivity contribution in [2.45, 2.75) is 18.5 Å². The first kappa shape index (κ1) is 16.4. The molecule has 1 aliphatic heterocycles. The van der Waals surface area contributed by atoms with Crippen molar-refractivity contribution in [3.8, 4) is 0 Å². The highest BCUT2D eigenvalue weighted by molar-refractivity contribution is 6.03. The number of hydrogen-bond donors (Lipinski definition) is 1. The molecule has 1 atom stereocenters. The van der Waals surface area contributed by atoms with Crippen LogP contribution < -0.4 is 10.2 Å². The molecule has 6 heteroatoms. The molecule has 1 N–H and O–H groups in total. The minimum atomic E-state index is -4.42. The normalized spacial score (nSPS) is 16.7. The van der Waals surface area contributed by atoms with E-state index in [4.69, 9.17) is 0 Å². The van der Waals surface area contributed by atoms with Gasteiger partial charge in [-0.15, -0.1) is 0 Å². The van der Waals surface area contributed by atoms with Crippen molar-refractivity contribution in [2.75, 3.05) is 24.3 Å². The third kappa shape index (κ3) is 3.09. The van der Waals surface area contributed by atoms with Gasteiger partial charge in [-0.3, -0.25) is 4.79 Å². The number of rotatable bonds is 3. The number of nitrogens with zero attached hydrogens (tertiary/aromatic N) is 1. The van der Waals surface area contributed by atoms with E-state index in [1.807, 2.05) is 43.3 Å². The molecule has 126 valence electrons. The Morgan fingerprint density at radius 3 is 2.33 bits per heavy atom. The van der Waals surface area contributed by atoms with Gasteiger partial charge >= 0.3 is 6.18 Å². The van der Waals surface area contributed by atoms with Gasteiger partial charge < -0.3 is 10.2 Å². The molecule has 3 rings (SSSR count). The summed E-state index contributed by atoms with van der Waals surface area (Å²) in [5, 5.41) is 2.56. The Labute approximate surface area is 138 Å². The number of alkyl halides is 3. The van der Waals surface area contributed by atoms with Gasteiger partial charge in [0.15, 0.2) is 0 Å². The molecular formula is C18H17F3N2O. The standard InChI is InChI=1S/C18H17F3N2O/c1-23(2)13-6-3-11(4-7-13)9-15-14-8-5-12(18(19,20)21)10-16(14)22-17(15)24/h3-8,10,15H,9H2,1-2H3,(H,22,24). The summed E-state index contributed by atoms with van der Waals surface area (Å²) in [5.74, 6) is -0.728. The van der Waals surface area contributed by atoms with E-state index in [2.05, 4.69) is 5.32 Å². The average Bonchev–Trinajstić information content (AvgIpc) is 2.82. The number of hydrogen-bond acceptors (Lipinski definition) is 2. The second kappa shape index (κ2) is 5.85. The van der Waals surface area contributed by atoms with Gasteiger partial charge in [-0.25, -0.2) is 0 Å². The number of fused-ring (bicyclic) bond motifs is 1. The molecule has 0 bridgehead atoms. The summed E-state index contributed by atoms with van der Waals surface area (Å²) in [5.41, 5.74) is 2.13. The van der Waals surface area contributed by atoms with E-state index in [1.165, 1.54) is 6.07 Å². The molecule has 0 fully saturated rings. The molecule has 0 aromatic heterocycles. The van der Waals surface area contributed by atoms with Crippen molar-refractivity contribution in [1.29, 1.82) is 0 Å². The lowest BCUT2D eigenvalue weighted by atomic mass is 9.92. The number of halogens is 3. The average molecular weight is 334 g/mol. The van der Waals surface area contributed by atoms with E-state index >= 15 is 0 Å². The van der Waals surface area contributed by atoms with Crippen LogP contribution in [0.25, 0.3) is 0 Å². The predicted molar refractivity (Wildman–Crippen MR) is 87.3 cm³/mol. The number of benzene rings is 2. The molecule has 1 aliphatic rings. The Hall–Kier alpha value is -2.50. The second-order valence-electron chi connectivity index (χ2n) is 6.11. The lowest BCUT2D eigenvalue weighted by molar-refractivity contribution is -0.137. The van der Waals surface area contributed by atoms with Crippen LogP contribution in [0.15, 0.2) is 42.5 Å². The van der Waals surface area contributed by atoms with Gasteiger partial charge in [0.05, 0.1) is 11.5 Å². The van der Waals surface area contributed by atoms with E-state index in [-0.39, 0.29) is 11.6 Å². The minimum Gasteiger partial charge on any atom is -0.378 e. The van der Waals surface area contributed by atoms with Gasteiger partial charge in [0.1, 0.15) is 0 Å². The van der Waals surface area contributed by atoms with Crippen LogP contribution in [0.5, 0.6) is 0 Å². The summed E-state index contributed by atoms with van der Waals surface area (Å²) in [6.07, 6.45) is -3.96. The Balaban J connectivity index is 1.85. The van der Waals surface area contributed by atoms with Crippen molar-refractivity contribution in [3.63, 3.8) is 0 Å². The maximum absolute atomic E-state index is 12.8. The fourth-order valence-corrected chi connectivity index (χ4v) is 2.87. The number of anilines is 2. The molecule has 24 heavy (non-hydrogen) atoms. The van der Waals surface area contributed by atoms with E-state index in [0.29, 0.717) is 12.0 Å². The Bertz CT molecular complexity index is 767. The molecule has 1 unspecified atom stereocenters. The zero-order chi connectivity index (χ0) is 17.5. The highest BCUT2D eigenvalue weighted by Crippen LogP contribution is 2.39. The molecule has 0 radical (unpaired) electrons. The first-order chi connectivity index (χ1) is 11.3. The lowest BCUT2D eigenvalue weighted by Gasteiger charge is -2.14. The third-order valence-electron chi connectivity index (χ3n) is 4.22. The summed E-state index contributed by atoms with van der Waals surface area (Å²) >= 11 is 0. The summed E-state index contributed by atoms with van der Waals surface area (Å²) in [7, 11) is 3.88. The van der Waals surface area contributed by atoms with Crippen LogP contribution in [0.1, 0.15) is 22.6 Å². The lowest BCUT2D eigenvalue weighted by Crippen LogP contribution is -2.14. The van der Waals surface area contributed by atoms with Crippen LogP contribution in [-0.4, -0.2) is 20.0 Å². The summed E-state index contributed by atoms with van der Waals surface area (Å²) in [4.78, 5) is 14.1. The molecule has 0 saturated heterocycles. The Morgan fingerprint density at radius 1 is 1.08 bits per heavy atom. The van der Waals surface area contributed by atoms with Crippen LogP contribution in [0.4, 0.5) is 24.5 Å². The smallest absolute Gasteiger partial charge is 0.378 e. The molecule has 0 aliphatic carbocycles. The van der Waals surface area contributed by atoms with Crippen molar-refractivity contribution < 1.29 is 18.0 Å². The molecule has 2 aromatic rings. The number of carbonyl (C=O) groups is 1. The van der Waals surface area contributed by atoms with Gasteiger partial charge in [0, 0.05) is 25.5 Å². The maximum atomic E-state index is 12.8. The van der Waals surface area contributed by atoms with Gasteiger partial charge in [0.2, 0.25) is 5.91 Å². The zero-order valence-corrected chi connectivity index (χ0v) is 13.3. The van der Waals surface area contributed by atoms with Gasteiger partial charge in [-0.2, -0.15) is 13.2 Å². The Morgan fingerprint density at radius 2 is 1.75 bits per heavy atom. The minimum absolute atomic E-state index is 0.254. The zero-order valence-electron chi connectivity index (χ0n) is 13.3. The number of amides is 1. The first-order valence-corrected chi connectivity index (χ1v) is 7.54. The van der Waals surface area contributed by atoms with E-state index in [0.717, 1.165) is 23.4 Å². The summed E-state index contributed by atoms with van der Waals surface area (Å²) < 4.78 is 38.4. The Kier molecular flexibility index (Phi) is 3.99. The first-order valence-electron chi connectivity index (χ1n) is 7.54. The van der Waals surface area contributed by atoms with Crippen LogP contribution in [0.2, 0.25) is 0 Å². The summed E-state index contributed by atoms with van der Waals surface area (Å²) in [6.45, 7) is 0. The van der Waals surface area contributed by atoms with Gasteiger partial charge in [-0.1, -0.05) is 18.2 Å². The van der Waals surface area contributed by atoms with Crippen molar-refractivity contribution in [3.05, 3.63) is 59.2 Å². The fourth-order valence-electron chi connectivity index (χ4n) is 2.87. The SMILES string of the molecule is CN(C)c1ccc(CC2C(=O)Nc3cc(C(F)(F)F)ccc32)cc1. The van der Waals surface area contributed by atoms with Crippen LogP contribution >= 0.6 is 0 Å². The molecule has 1 heterocycles. The van der Waals surface area contributed by atoms with Gasteiger partial charge in [0.25, 0.3) is 0 Å². The number of carbonyl (C=O) groups excluding carboxylic acids is 1. The van der Waals surface area contributed by atoms with E-state index < -0.39 is 17.7 Å².